The molecule has 0 aliphatic carbocycles. The molecule has 2 fully saturated rings. The summed E-state index contributed by atoms with van der Waals surface area (Å²) in [5.74, 6) is 2.29. The third kappa shape index (κ3) is 5.28. The van der Waals surface area contributed by atoms with Gasteiger partial charge in [0, 0.05) is 61.3 Å². The molecule has 5 heterocycles. The Morgan fingerprint density at radius 2 is 1.77 bits per heavy atom. The first kappa shape index (κ1) is 26.2. The van der Waals surface area contributed by atoms with E-state index in [-0.39, 0.29) is 17.6 Å². The quantitative estimate of drug-likeness (QED) is 0.467. The van der Waals surface area contributed by atoms with Gasteiger partial charge in [-0.05, 0) is 77.0 Å². The van der Waals surface area contributed by atoms with E-state index in [1.165, 1.54) is 5.69 Å². The van der Waals surface area contributed by atoms with Gasteiger partial charge in [-0.2, -0.15) is 4.98 Å². The highest BCUT2D eigenvalue weighted by atomic mass is 31.2. The van der Waals surface area contributed by atoms with Crippen molar-refractivity contribution in [1.29, 1.82) is 0 Å². The van der Waals surface area contributed by atoms with Gasteiger partial charge in [-0.15, -0.1) is 0 Å². The molecule has 1 aromatic carbocycles. The molecule has 39 heavy (non-hydrogen) atoms. The number of nitrogens with one attached hydrogen (secondary N) is 1. The zero-order valence-electron chi connectivity index (χ0n) is 23.5. The normalized spacial score (nSPS) is 22.9. The standard InChI is InChI=1S/C29H38N7O2P/c1-29(2)17-24-23(19-38-29)22-18-30-28(31-20-9-11-21(12-10-20)35-15-13-34(3)14-16-35)33-27(22)36(24)25-7-6-8-26(32-25)39(4,5)37/h6-12,18,23-24H,13-17,19H2,1-5H3,(H,30,31,33)/t23?,24-/m1/s1. The highest BCUT2D eigenvalue weighted by molar-refractivity contribution is 7.69. The van der Waals surface area contributed by atoms with Crippen LogP contribution in [-0.4, -0.2) is 84.7 Å². The second kappa shape index (κ2) is 9.88. The summed E-state index contributed by atoms with van der Waals surface area (Å²) in [5.41, 5.74) is 3.61. The van der Waals surface area contributed by atoms with Crippen LogP contribution in [0.15, 0.2) is 48.7 Å². The Balaban J connectivity index is 1.30. The molecule has 3 aliphatic heterocycles. The number of nitrogens with zero attached hydrogens (tertiary/aromatic N) is 6. The SMILES string of the molecule is CN1CCN(c2ccc(Nc3ncc4c(n3)N(c3cccc(P(C)(C)=O)n3)[C@@H]3CC(C)(C)OCC43)cc2)CC1. The van der Waals surface area contributed by atoms with Crippen molar-refractivity contribution in [3.63, 3.8) is 0 Å². The van der Waals surface area contributed by atoms with Crippen LogP contribution >= 0.6 is 7.14 Å². The van der Waals surface area contributed by atoms with E-state index in [1.807, 2.05) is 24.4 Å². The molecule has 9 nitrogen and oxygen atoms in total. The number of benzene rings is 1. The number of piperazine rings is 1. The Kier molecular flexibility index (Phi) is 6.64. The lowest BCUT2D eigenvalue weighted by Gasteiger charge is -2.40. The second-order valence-corrected chi connectivity index (χ2v) is 15.1. The number of pyridine rings is 1. The van der Waals surface area contributed by atoms with Crippen LogP contribution < -0.4 is 20.6 Å². The fraction of sp³-hybridized carbons (Fsp3) is 0.483. The molecule has 0 amide bonds. The van der Waals surface area contributed by atoms with Crippen molar-refractivity contribution >= 4 is 41.5 Å². The number of fused-ring (bicyclic) bond motifs is 3. The molecule has 0 bridgehead atoms. The first-order valence-electron chi connectivity index (χ1n) is 13.7. The molecule has 10 heteroatoms. The maximum absolute atomic E-state index is 12.9. The van der Waals surface area contributed by atoms with E-state index in [9.17, 15) is 4.57 Å². The van der Waals surface area contributed by atoms with Gasteiger partial charge in [0.05, 0.1) is 12.2 Å². The monoisotopic (exact) mass is 547 g/mol. The maximum Gasteiger partial charge on any atom is 0.229 e. The molecule has 0 radical (unpaired) electrons. The summed E-state index contributed by atoms with van der Waals surface area (Å²) in [5, 5.41) is 3.40. The van der Waals surface area contributed by atoms with Crippen molar-refractivity contribution in [2.45, 2.75) is 37.8 Å². The van der Waals surface area contributed by atoms with Crippen LogP contribution in [0.1, 0.15) is 31.7 Å². The van der Waals surface area contributed by atoms with Crippen molar-refractivity contribution in [3.8, 4) is 0 Å². The van der Waals surface area contributed by atoms with Gasteiger partial charge in [-0.3, -0.25) is 0 Å². The molecule has 1 unspecified atom stereocenters. The Morgan fingerprint density at radius 3 is 2.49 bits per heavy atom. The van der Waals surface area contributed by atoms with Crippen LogP contribution in [0.5, 0.6) is 0 Å². The van der Waals surface area contributed by atoms with E-state index in [4.69, 9.17) is 19.7 Å². The highest BCUT2D eigenvalue weighted by Gasteiger charge is 2.48. The Hall–Kier alpha value is -3.00. The van der Waals surface area contributed by atoms with E-state index in [1.54, 1.807) is 13.3 Å². The lowest BCUT2D eigenvalue weighted by atomic mass is 9.85. The van der Waals surface area contributed by atoms with Gasteiger partial charge in [0.2, 0.25) is 5.95 Å². The molecule has 206 valence electrons. The van der Waals surface area contributed by atoms with E-state index >= 15 is 0 Å². The van der Waals surface area contributed by atoms with Crippen LogP contribution in [0.4, 0.5) is 29.0 Å². The summed E-state index contributed by atoms with van der Waals surface area (Å²) in [6.07, 6.45) is 2.75. The molecule has 3 aliphatic rings. The zero-order chi connectivity index (χ0) is 27.4. The fourth-order valence-corrected chi connectivity index (χ4v) is 6.62. The number of anilines is 5. The van der Waals surface area contributed by atoms with Crippen LogP contribution in [0.25, 0.3) is 0 Å². The van der Waals surface area contributed by atoms with Gasteiger partial charge in [0.1, 0.15) is 24.2 Å². The average molecular weight is 548 g/mol. The smallest absolute Gasteiger partial charge is 0.229 e. The lowest BCUT2D eigenvalue weighted by molar-refractivity contribution is -0.0657. The first-order chi connectivity index (χ1) is 18.6. The number of rotatable bonds is 5. The third-order valence-corrected chi connectivity index (χ3v) is 9.44. The van der Waals surface area contributed by atoms with Crippen LogP contribution in [-0.2, 0) is 9.30 Å². The number of aromatic nitrogens is 3. The van der Waals surface area contributed by atoms with Gasteiger partial charge in [-0.1, -0.05) is 6.07 Å². The summed E-state index contributed by atoms with van der Waals surface area (Å²) >= 11 is 0. The molecule has 2 atom stereocenters. The molecule has 3 aromatic rings. The molecular weight excluding hydrogens is 509 g/mol. The van der Waals surface area contributed by atoms with Gasteiger partial charge in [-0.25, -0.2) is 9.97 Å². The van der Waals surface area contributed by atoms with E-state index in [0.29, 0.717) is 18.0 Å². The van der Waals surface area contributed by atoms with E-state index < -0.39 is 7.14 Å². The fourth-order valence-electron chi connectivity index (χ4n) is 5.83. The summed E-state index contributed by atoms with van der Waals surface area (Å²) in [7, 11) is -0.348. The molecule has 2 saturated heterocycles. The molecule has 0 saturated carbocycles. The molecule has 2 aromatic heterocycles. The maximum atomic E-state index is 12.9. The number of hydrogen-bond donors (Lipinski definition) is 1. The third-order valence-electron chi connectivity index (χ3n) is 8.08. The number of likely N-dealkylation sites (N-methyl/N-ethyl adjacent to an activating group) is 1. The van der Waals surface area contributed by atoms with Crippen LogP contribution in [0.3, 0.4) is 0 Å². The van der Waals surface area contributed by atoms with Gasteiger partial charge in [0.25, 0.3) is 0 Å². The Labute approximate surface area is 231 Å². The summed E-state index contributed by atoms with van der Waals surface area (Å²) in [6, 6.07) is 14.4. The average Bonchev–Trinajstić information content (AvgIpc) is 3.20. The predicted octanol–water partition coefficient (Wildman–Crippen LogP) is 4.42. The van der Waals surface area contributed by atoms with Crippen molar-refractivity contribution in [1.82, 2.24) is 19.9 Å². The van der Waals surface area contributed by atoms with Crippen molar-refractivity contribution in [2.24, 2.45) is 0 Å². The van der Waals surface area contributed by atoms with Gasteiger partial charge in [0.15, 0.2) is 0 Å². The van der Waals surface area contributed by atoms with E-state index in [0.717, 1.165) is 55.5 Å². The molecular formula is C29H38N7O2P. The second-order valence-electron chi connectivity index (χ2n) is 12.0. The molecule has 0 spiro atoms. The first-order valence-corrected chi connectivity index (χ1v) is 16.3. The largest absolute Gasteiger partial charge is 0.375 e. The summed E-state index contributed by atoms with van der Waals surface area (Å²) in [4.78, 5) is 21.6. The van der Waals surface area contributed by atoms with Crippen molar-refractivity contribution in [2.75, 3.05) is 68.3 Å². The number of hydrogen-bond acceptors (Lipinski definition) is 9. The lowest BCUT2D eigenvalue weighted by Crippen LogP contribution is -2.45. The molecule has 6 rings (SSSR count). The topological polar surface area (TPSA) is 86.7 Å². The Bertz CT molecular complexity index is 1400. The minimum Gasteiger partial charge on any atom is -0.375 e. The van der Waals surface area contributed by atoms with Crippen LogP contribution in [0.2, 0.25) is 0 Å². The molecule has 1 N–H and O–H groups in total. The zero-order valence-corrected chi connectivity index (χ0v) is 24.4. The minimum absolute atomic E-state index is 0.131. The minimum atomic E-state index is -2.52. The summed E-state index contributed by atoms with van der Waals surface area (Å²) in [6.45, 7) is 12.6. The Morgan fingerprint density at radius 1 is 1.03 bits per heavy atom. The van der Waals surface area contributed by atoms with Crippen LogP contribution in [0, 0.1) is 0 Å². The van der Waals surface area contributed by atoms with Gasteiger partial charge >= 0.3 is 0 Å². The van der Waals surface area contributed by atoms with Crippen molar-refractivity contribution in [3.05, 3.63) is 54.2 Å². The van der Waals surface area contributed by atoms with Gasteiger partial charge < -0.3 is 29.3 Å². The van der Waals surface area contributed by atoms with E-state index in [2.05, 4.69) is 65.2 Å². The number of ether oxygens (including phenoxy) is 1. The summed E-state index contributed by atoms with van der Waals surface area (Å²) < 4.78 is 19.1. The predicted molar refractivity (Wildman–Crippen MR) is 158 cm³/mol. The van der Waals surface area contributed by atoms with Crippen molar-refractivity contribution < 1.29 is 9.30 Å². The highest BCUT2D eigenvalue weighted by Crippen LogP contribution is 2.49.